The lowest BCUT2D eigenvalue weighted by molar-refractivity contribution is -0.138. The molecule has 6 heteroatoms. The van der Waals surface area contributed by atoms with Crippen LogP contribution in [0.2, 0.25) is 0 Å². The van der Waals surface area contributed by atoms with Gasteiger partial charge in [-0.05, 0) is 30.5 Å². The molecule has 0 bridgehead atoms. The molecule has 0 aromatic heterocycles. The molecule has 3 rings (SSSR count). The van der Waals surface area contributed by atoms with Crippen LogP contribution in [0, 0.1) is 6.92 Å². The molecule has 128 valence electrons. The molecule has 1 heterocycles. The summed E-state index contributed by atoms with van der Waals surface area (Å²) in [6.07, 6.45) is 0.0891. The maximum Gasteiger partial charge on any atom is 0.344 e. The van der Waals surface area contributed by atoms with Crippen LogP contribution in [0.1, 0.15) is 23.6 Å². The van der Waals surface area contributed by atoms with E-state index in [1.54, 1.807) is 31.2 Å². The van der Waals surface area contributed by atoms with Gasteiger partial charge in [0.05, 0.1) is 6.42 Å². The number of aryl methyl sites for hydroxylation is 1. The number of amides is 4. The molecule has 2 aromatic carbocycles. The molecular formula is C19H19N3O3. The Bertz CT molecular complexity index is 835. The molecule has 25 heavy (non-hydrogen) atoms. The SMILES string of the molecule is Cc1ccccc1CC(=O)NN1C(=O)NC(C)(c2ccccc2)C1=O. The van der Waals surface area contributed by atoms with Crippen LogP contribution in [0.25, 0.3) is 0 Å². The van der Waals surface area contributed by atoms with Gasteiger partial charge in [0.25, 0.3) is 5.91 Å². The van der Waals surface area contributed by atoms with Crippen molar-refractivity contribution in [2.45, 2.75) is 25.8 Å². The van der Waals surface area contributed by atoms with Gasteiger partial charge in [-0.1, -0.05) is 54.6 Å². The second kappa shape index (κ2) is 6.39. The molecule has 2 N–H and O–H groups in total. The van der Waals surface area contributed by atoms with Crippen LogP contribution < -0.4 is 10.7 Å². The molecule has 6 nitrogen and oxygen atoms in total. The number of benzene rings is 2. The summed E-state index contributed by atoms with van der Waals surface area (Å²) >= 11 is 0. The zero-order valence-corrected chi connectivity index (χ0v) is 14.1. The molecule has 1 saturated heterocycles. The summed E-state index contributed by atoms with van der Waals surface area (Å²) in [5.41, 5.74) is 3.69. The molecule has 0 radical (unpaired) electrons. The third-order valence-electron chi connectivity index (χ3n) is 4.39. The van der Waals surface area contributed by atoms with Gasteiger partial charge >= 0.3 is 6.03 Å². The number of nitrogens with zero attached hydrogens (tertiary/aromatic N) is 1. The van der Waals surface area contributed by atoms with Crippen LogP contribution in [0.3, 0.4) is 0 Å². The minimum absolute atomic E-state index is 0.0891. The van der Waals surface area contributed by atoms with Crippen LogP contribution >= 0.6 is 0 Å². The van der Waals surface area contributed by atoms with Crippen LogP contribution in [0.5, 0.6) is 0 Å². The summed E-state index contributed by atoms with van der Waals surface area (Å²) < 4.78 is 0. The first-order valence-electron chi connectivity index (χ1n) is 7.98. The fourth-order valence-electron chi connectivity index (χ4n) is 2.85. The van der Waals surface area contributed by atoms with E-state index in [0.717, 1.165) is 16.1 Å². The number of carbonyl (C=O) groups excluding carboxylic acids is 3. The Morgan fingerprint density at radius 3 is 2.40 bits per heavy atom. The minimum atomic E-state index is -1.20. The highest BCUT2D eigenvalue weighted by Gasteiger charge is 2.49. The maximum atomic E-state index is 12.7. The van der Waals surface area contributed by atoms with E-state index in [0.29, 0.717) is 5.56 Å². The summed E-state index contributed by atoms with van der Waals surface area (Å²) in [4.78, 5) is 37.2. The fourth-order valence-corrected chi connectivity index (χ4v) is 2.85. The van der Waals surface area contributed by atoms with Crippen LogP contribution in [0.15, 0.2) is 54.6 Å². The number of carbonyl (C=O) groups is 3. The largest absolute Gasteiger partial charge is 0.344 e. The molecule has 2 aromatic rings. The van der Waals surface area contributed by atoms with Gasteiger partial charge < -0.3 is 5.32 Å². The first kappa shape index (κ1) is 16.7. The smallest absolute Gasteiger partial charge is 0.318 e. The quantitative estimate of drug-likeness (QED) is 0.838. The van der Waals surface area contributed by atoms with Gasteiger partial charge in [0, 0.05) is 0 Å². The second-order valence-electron chi connectivity index (χ2n) is 6.20. The zero-order chi connectivity index (χ0) is 18.0. The number of urea groups is 1. The predicted octanol–water partition coefficient (Wildman–Crippen LogP) is 2.04. The van der Waals surface area contributed by atoms with Gasteiger partial charge in [-0.15, -0.1) is 0 Å². The van der Waals surface area contributed by atoms with Crippen molar-refractivity contribution in [1.82, 2.24) is 15.8 Å². The van der Waals surface area contributed by atoms with Gasteiger partial charge in [0.1, 0.15) is 5.54 Å². The number of imide groups is 1. The highest BCUT2D eigenvalue weighted by atomic mass is 16.2. The maximum absolute atomic E-state index is 12.7. The van der Waals surface area contributed by atoms with Crippen LogP contribution in [0.4, 0.5) is 4.79 Å². The Labute approximate surface area is 145 Å². The third kappa shape index (κ3) is 3.10. The van der Waals surface area contributed by atoms with Gasteiger partial charge in [-0.3, -0.25) is 15.0 Å². The van der Waals surface area contributed by atoms with Crippen molar-refractivity contribution in [3.8, 4) is 0 Å². The van der Waals surface area contributed by atoms with Crippen molar-refractivity contribution in [3.05, 3.63) is 71.3 Å². The normalized spacial score (nSPS) is 19.7. The van der Waals surface area contributed by atoms with Crippen molar-refractivity contribution in [2.75, 3.05) is 0 Å². The van der Waals surface area contributed by atoms with Gasteiger partial charge in [-0.2, -0.15) is 5.01 Å². The van der Waals surface area contributed by atoms with Crippen molar-refractivity contribution < 1.29 is 14.4 Å². The molecule has 1 fully saturated rings. The van der Waals surface area contributed by atoms with E-state index < -0.39 is 23.4 Å². The van der Waals surface area contributed by atoms with Crippen LogP contribution in [-0.4, -0.2) is 22.9 Å². The Morgan fingerprint density at radius 1 is 1.08 bits per heavy atom. The number of hydrazine groups is 1. The van der Waals surface area contributed by atoms with E-state index in [-0.39, 0.29) is 6.42 Å². The van der Waals surface area contributed by atoms with Gasteiger partial charge in [0.15, 0.2) is 0 Å². The van der Waals surface area contributed by atoms with Crippen molar-refractivity contribution in [3.63, 3.8) is 0 Å². The molecule has 1 aliphatic rings. The average Bonchev–Trinajstić information content (AvgIpc) is 2.82. The summed E-state index contributed by atoms with van der Waals surface area (Å²) in [7, 11) is 0. The number of hydrogen-bond donors (Lipinski definition) is 2. The van der Waals surface area contributed by atoms with Crippen LogP contribution in [-0.2, 0) is 21.5 Å². The summed E-state index contributed by atoms with van der Waals surface area (Å²) in [6, 6.07) is 15.8. The first-order chi connectivity index (χ1) is 11.9. The van der Waals surface area contributed by atoms with Gasteiger partial charge in [-0.25, -0.2) is 4.79 Å². The lowest BCUT2D eigenvalue weighted by atomic mass is 9.92. The highest BCUT2D eigenvalue weighted by molar-refractivity contribution is 6.08. The lowest BCUT2D eigenvalue weighted by Gasteiger charge is -2.22. The average molecular weight is 337 g/mol. The molecule has 1 atom stereocenters. The van der Waals surface area contributed by atoms with E-state index in [2.05, 4.69) is 10.7 Å². The topological polar surface area (TPSA) is 78.5 Å². The first-order valence-corrected chi connectivity index (χ1v) is 7.98. The fraction of sp³-hybridized carbons (Fsp3) is 0.211. The molecular weight excluding hydrogens is 318 g/mol. The summed E-state index contributed by atoms with van der Waals surface area (Å²) in [5, 5.41) is 3.41. The lowest BCUT2D eigenvalue weighted by Crippen LogP contribution is -2.48. The van der Waals surface area contributed by atoms with Crippen molar-refractivity contribution in [2.24, 2.45) is 0 Å². The van der Waals surface area contributed by atoms with E-state index in [1.807, 2.05) is 37.3 Å². The second-order valence-corrected chi connectivity index (χ2v) is 6.20. The van der Waals surface area contributed by atoms with Crippen molar-refractivity contribution in [1.29, 1.82) is 0 Å². The molecule has 0 aliphatic carbocycles. The monoisotopic (exact) mass is 337 g/mol. The molecule has 4 amide bonds. The summed E-state index contributed by atoms with van der Waals surface area (Å²) in [6.45, 7) is 3.53. The summed E-state index contributed by atoms with van der Waals surface area (Å²) in [5.74, 6) is -0.933. The Morgan fingerprint density at radius 2 is 1.72 bits per heavy atom. The van der Waals surface area contributed by atoms with E-state index in [1.165, 1.54) is 0 Å². The number of hydrogen-bond acceptors (Lipinski definition) is 3. The predicted molar refractivity (Wildman–Crippen MR) is 92.2 cm³/mol. The van der Waals surface area contributed by atoms with E-state index >= 15 is 0 Å². The number of nitrogens with one attached hydrogen (secondary N) is 2. The Hall–Kier alpha value is -3.15. The minimum Gasteiger partial charge on any atom is -0.318 e. The Kier molecular flexibility index (Phi) is 4.27. The van der Waals surface area contributed by atoms with E-state index in [9.17, 15) is 14.4 Å². The Balaban J connectivity index is 1.75. The molecule has 1 aliphatic heterocycles. The highest BCUT2D eigenvalue weighted by Crippen LogP contribution is 2.27. The zero-order valence-electron chi connectivity index (χ0n) is 14.1. The third-order valence-corrected chi connectivity index (χ3v) is 4.39. The standard InChI is InChI=1S/C19H19N3O3/c1-13-8-6-7-9-14(13)12-16(23)21-22-17(24)19(2,20-18(22)25)15-10-4-3-5-11-15/h3-11H,12H2,1-2H3,(H,20,25)(H,21,23). The molecule has 0 saturated carbocycles. The van der Waals surface area contributed by atoms with Crippen molar-refractivity contribution >= 4 is 17.8 Å². The van der Waals surface area contributed by atoms with E-state index in [4.69, 9.17) is 0 Å². The van der Waals surface area contributed by atoms with Gasteiger partial charge in [0.2, 0.25) is 5.91 Å². The molecule has 1 unspecified atom stereocenters. The molecule has 0 spiro atoms. The number of rotatable bonds is 4.